The van der Waals surface area contributed by atoms with E-state index in [2.05, 4.69) is 0 Å². The van der Waals surface area contributed by atoms with Gasteiger partial charge >= 0.3 is 5.97 Å². The first kappa shape index (κ1) is 12.4. The van der Waals surface area contributed by atoms with Gasteiger partial charge in [-0.2, -0.15) is 0 Å². The fourth-order valence-corrected chi connectivity index (χ4v) is 0.973. The number of phenols is 1. The van der Waals surface area contributed by atoms with Gasteiger partial charge in [0.25, 0.3) is 0 Å². The van der Waals surface area contributed by atoms with E-state index in [1.54, 1.807) is 12.1 Å². The summed E-state index contributed by atoms with van der Waals surface area (Å²) in [6.07, 6.45) is 0.273. The highest BCUT2D eigenvalue weighted by molar-refractivity contribution is 5.73. The lowest BCUT2D eigenvalue weighted by molar-refractivity contribution is -0.138. The SMILES string of the molecule is N[C@@H](Cc1ccc(O)cc1)C(=O)O.O. The molecule has 5 nitrogen and oxygen atoms in total. The Morgan fingerprint density at radius 3 is 2.29 bits per heavy atom. The summed E-state index contributed by atoms with van der Waals surface area (Å²) in [5, 5.41) is 17.5. The molecule has 1 aromatic rings. The molecule has 1 aromatic carbocycles. The van der Waals surface area contributed by atoms with Gasteiger partial charge < -0.3 is 21.4 Å². The van der Waals surface area contributed by atoms with E-state index >= 15 is 0 Å². The summed E-state index contributed by atoms with van der Waals surface area (Å²) in [5.74, 6) is -0.860. The van der Waals surface area contributed by atoms with Crippen molar-refractivity contribution < 1.29 is 20.5 Å². The highest BCUT2D eigenvalue weighted by Crippen LogP contribution is 2.10. The first-order valence-corrected chi connectivity index (χ1v) is 3.86. The number of benzene rings is 1. The smallest absolute Gasteiger partial charge is 0.320 e. The zero-order valence-electron chi connectivity index (χ0n) is 7.47. The lowest BCUT2D eigenvalue weighted by Crippen LogP contribution is -2.32. The van der Waals surface area contributed by atoms with Crippen LogP contribution in [-0.2, 0) is 11.2 Å². The van der Waals surface area contributed by atoms with Gasteiger partial charge in [-0.25, -0.2) is 0 Å². The van der Waals surface area contributed by atoms with Crippen molar-refractivity contribution in [1.29, 1.82) is 0 Å². The van der Waals surface area contributed by atoms with E-state index in [4.69, 9.17) is 15.9 Å². The van der Waals surface area contributed by atoms with E-state index < -0.39 is 12.0 Å². The Kier molecular flexibility index (Phi) is 4.62. The van der Waals surface area contributed by atoms with Gasteiger partial charge in [-0.15, -0.1) is 0 Å². The molecule has 0 spiro atoms. The quantitative estimate of drug-likeness (QED) is 0.609. The minimum atomic E-state index is -1.02. The number of aliphatic carboxylic acids is 1. The Morgan fingerprint density at radius 2 is 1.86 bits per heavy atom. The number of carboxylic acids is 1. The summed E-state index contributed by atoms with van der Waals surface area (Å²) in [5.41, 5.74) is 6.12. The molecule has 6 N–H and O–H groups in total. The first-order chi connectivity index (χ1) is 6.09. The maximum Gasteiger partial charge on any atom is 0.320 e. The average Bonchev–Trinajstić information content (AvgIpc) is 2.08. The molecule has 1 rings (SSSR count). The lowest BCUT2D eigenvalue weighted by Gasteiger charge is -2.05. The Hall–Kier alpha value is -1.59. The fraction of sp³-hybridized carbons (Fsp3) is 0.222. The molecule has 0 aliphatic rings. The highest BCUT2D eigenvalue weighted by Gasteiger charge is 2.11. The van der Waals surface area contributed by atoms with Gasteiger partial charge in [-0.3, -0.25) is 4.79 Å². The first-order valence-electron chi connectivity index (χ1n) is 3.86. The molecule has 0 heterocycles. The van der Waals surface area contributed by atoms with E-state index in [9.17, 15) is 4.79 Å². The number of nitrogens with two attached hydrogens (primary N) is 1. The van der Waals surface area contributed by atoms with E-state index in [0.29, 0.717) is 0 Å². The van der Waals surface area contributed by atoms with Gasteiger partial charge in [0.1, 0.15) is 11.8 Å². The van der Waals surface area contributed by atoms with Crippen LogP contribution in [0, 0.1) is 0 Å². The second-order valence-electron chi connectivity index (χ2n) is 2.82. The highest BCUT2D eigenvalue weighted by atomic mass is 16.4. The van der Waals surface area contributed by atoms with Crippen molar-refractivity contribution in [1.82, 2.24) is 0 Å². The molecule has 5 heteroatoms. The molecule has 0 unspecified atom stereocenters. The van der Waals surface area contributed by atoms with Gasteiger partial charge in [-0.05, 0) is 24.1 Å². The van der Waals surface area contributed by atoms with Crippen LogP contribution >= 0.6 is 0 Å². The molecule has 78 valence electrons. The minimum Gasteiger partial charge on any atom is -0.508 e. The Bertz CT molecular complexity index is 296. The summed E-state index contributed by atoms with van der Waals surface area (Å²) in [4.78, 5) is 10.4. The monoisotopic (exact) mass is 199 g/mol. The van der Waals surface area contributed by atoms with Gasteiger partial charge in [0, 0.05) is 0 Å². The van der Waals surface area contributed by atoms with E-state index in [0.717, 1.165) is 5.56 Å². The zero-order chi connectivity index (χ0) is 9.84. The van der Waals surface area contributed by atoms with E-state index in [1.807, 2.05) is 0 Å². The van der Waals surface area contributed by atoms with Crippen molar-refractivity contribution >= 4 is 5.97 Å². The minimum absolute atomic E-state index is 0. The molecule has 1 atom stereocenters. The largest absolute Gasteiger partial charge is 0.508 e. The van der Waals surface area contributed by atoms with Crippen LogP contribution in [0.2, 0.25) is 0 Å². The number of hydrogen-bond acceptors (Lipinski definition) is 3. The molecule has 0 amide bonds. The number of phenolic OH excluding ortho intramolecular Hbond substituents is 1. The van der Waals surface area contributed by atoms with Crippen LogP contribution in [0.3, 0.4) is 0 Å². The summed E-state index contributed by atoms with van der Waals surface area (Å²) in [6, 6.07) is 5.42. The molecule has 0 saturated heterocycles. The standard InChI is InChI=1S/C9H11NO3.H2O/c10-8(9(12)13)5-6-1-3-7(11)4-2-6;/h1-4,8,11H,5,10H2,(H,12,13);1H2/t8-;/m0./s1. The van der Waals surface area contributed by atoms with Crippen LogP contribution in [0.25, 0.3) is 0 Å². The fourth-order valence-electron chi connectivity index (χ4n) is 0.973. The van der Waals surface area contributed by atoms with Crippen LogP contribution in [0.4, 0.5) is 0 Å². The Labute approximate surface area is 81.1 Å². The predicted octanol–water partition coefficient (Wildman–Crippen LogP) is -0.478. The number of aromatic hydroxyl groups is 1. The van der Waals surface area contributed by atoms with Crippen LogP contribution in [0.15, 0.2) is 24.3 Å². The molecule has 0 aliphatic heterocycles. The average molecular weight is 199 g/mol. The van der Waals surface area contributed by atoms with Gasteiger partial charge in [0.2, 0.25) is 0 Å². The molecule has 0 aromatic heterocycles. The molecule has 0 radical (unpaired) electrons. The van der Waals surface area contributed by atoms with Crippen LogP contribution < -0.4 is 5.73 Å². The van der Waals surface area contributed by atoms with Crippen molar-refractivity contribution in [3.63, 3.8) is 0 Å². The molecular weight excluding hydrogens is 186 g/mol. The second kappa shape index (κ2) is 5.21. The third-order valence-corrected chi connectivity index (χ3v) is 1.71. The lowest BCUT2D eigenvalue weighted by atomic mass is 10.1. The maximum atomic E-state index is 10.4. The Balaban J connectivity index is 0.00000169. The van der Waals surface area contributed by atoms with E-state index in [-0.39, 0.29) is 17.6 Å². The van der Waals surface area contributed by atoms with Crippen molar-refractivity contribution in [3.05, 3.63) is 29.8 Å². The molecule has 14 heavy (non-hydrogen) atoms. The summed E-state index contributed by atoms with van der Waals surface area (Å²) < 4.78 is 0. The Morgan fingerprint density at radius 1 is 1.36 bits per heavy atom. The van der Waals surface area contributed by atoms with Crippen LogP contribution in [0.5, 0.6) is 5.75 Å². The molecule has 0 aliphatic carbocycles. The third-order valence-electron chi connectivity index (χ3n) is 1.71. The van der Waals surface area contributed by atoms with E-state index in [1.165, 1.54) is 12.1 Å². The number of carbonyl (C=O) groups is 1. The summed E-state index contributed by atoms with van der Waals surface area (Å²) in [6.45, 7) is 0. The maximum absolute atomic E-state index is 10.4. The van der Waals surface area contributed by atoms with Crippen molar-refractivity contribution in [2.45, 2.75) is 12.5 Å². The van der Waals surface area contributed by atoms with Crippen molar-refractivity contribution in [2.24, 2.45) is 5.73 Å². The normalized spacial score (nSPS) is 11.5. The van der Waals surface area contributed by atoms with Crippen molar-refractivity contribution in [2.75, 3.05) is 0 Å². The number of hydrogen-bond donors (Lipinski definition) is 3. The van der Waals surface area contributed by atoms with Gasteiger partial charge in [0.05, 0.1) is 0 Å². The number of carboxylic acid groups (broad SMARTS) is 1. The van der Waals surface area contributed by atoms with Gasteiger partial charge in [0.15, 0.2) is 0 Å². The number of rotatable bonds is 3. The second-order valence-corrected chi connectivity index (χ2v) is 2.82. The molecular formula is C9H13NO4. The summed E-state index contributed by atoms with van der Waals surface area (Å²) in [7, 11) is 0. The predicted molar refractivity (Wildman–Crippen MR) is 51.0 cm³/mol. The molecule has 0 bridgehead atoms. The topological polar surface area (TPSA) is 115 Å². The summed E-state index contributed by atoms with van der Waals surface area (Å²) >= 11 is 0. The van der Waals surface area contributed by atoms with Crippen LogP contribution in [-0.4, -0.2) is 27.7 Å². The molecule has 0 fully saturated rings. The van der Waals surface area contributed by atoms with Crippen molar-refractivity contribution in [3.8, 4) is 5.75 Å². The van der Waals surface area contributed by atoms with Gasteiger partial charge in [-0.1, -0.05) is 12.1 Å². The zero-order valence-corrected chi connectivity index (χ0v) is 7.47. The van der Waals surface area contributed by atoms with Crippen LogP contribution in [0.1, 0.15) is 5.56 Å². The molecule has 0 saturated carbocycles. The third kappa shape index (κ3) is 3.42.